The fourth-order valence-electron chi connectivity index (χ4n) is 7.70. The predicted octanol–water partition coefficient (Wildman–Crippen LogP) is 16.4. The van der Waals surface area contributed by atoms with Gasteiger partial charge in [-0.25, -0.2) is 0 Å². The van der Waals surface area contributed by atoms with E-state index in [9.17, 15) is 19.4 Å². The van der Waals surface area contributed by atoms with Crippen LogP contribution in [0.4, 0.5) is 0 Å². The lowest BCUT2D eigenvalue weighted by atomic mass is 10.0. The SMILES string of the molecule is CC/C=C\C/C=C\C/C=C\C/C=C\C/C=C\C/C=C\C/C=C\C/C=C\CCCCCCCCCCC(=O)NC(COP(=O)([O-])OCC[N+](C)(C)C)C(O)CCCCCCCCCCCCCCCC. The highest BCUT2D eigenvalue weighted by Gasteiger charge is 2.24. The van der Waals surface area contributed by atoms with Gasteiger partial charge in [-0.05, 0) is 77.0 Å². The molecule has 3 unspecified atom stereocenters. The average molecular weight is 983 g/mol. The Bertz CT molecular complexity index is 1440. The van der Waals surface area contributed by atoms with E-state index < -0.39 is 20.0 Å². The molecule has 2 N–H and O–H groups in total. The molecule has 0 radical (unpaired) electrons. The summed E-state index contributed by atoms with van der Waals surface area (Å²) in [5.74, 6) is -0.177. The van der Waals surface area contributed by atoms with E-state index in [-0.39, 0.29) is 19.1 Å². The third-order valence-corrected chi connectivity index (χ3v) is 13.1. The number of carbonyl (C=O) groups excluding carboxylic acids is 1. The van der Waals surface area contributed by atoms with E-state index in [1.165, 1.54) is 103 Å². The first-order chi connectivity index (χ1) is 33.5. The molecule has 0 saturated carbocycles. The monoisotopic (exact) mass is 983 g/mol. The maximum Gasteiger partial charge on any atom is 0.268 e. The summed E-state index contributed by atoms with van der Waals surface area (Å²) < 4.78 is 23.4. The number of hydrogen-bond acceptors (Lipinski definition) is 6. The molecule has 8 nitrogen and oxygen atoms in total. The van der Waals surface area contributed by atoms with Gasteiger partial charge < -0.3 is 28.8 Å². The first-order valence-corrected chi connectivity index (χ1v) is 29.5. The lowest BCUT2D eigenvalue weighted by molar-refractivity contribution is -0.870. The highest BCUT2D eigenvalue weighted by molar-refractivity contribution is 7.45. The van der Waals surface area contributed by atoms with Crippen molar-refractivity contribution in [1.29, 1.82) is 0 Å². The Kier molecular flexibility index (Phi) is 48.5. The van der Waals surface area contributed by atoms with Gasteiger partial charge in [-0.1, -0.05) is 239 Å². The third-order valence-electron chi connectivity index (χ3n) is 12.1. The molecule has 0 heterocycles. The Morgan fingerprint density at radius 3 is 1.29 bits per heavy atom. The van der Waals surface area contributed by atoms with Gasteiger partial charge in [0.15, 0.2) is 0 Å². The fraction of sp³-hybridized carbons (Fsp3) is 0.717. The maximum atomic E-state index is 13.0. The van der Waals surface area contributed by atoms with Gasteiger partial charge in [-0.3, -0.25) is 9.36 Å². The number of rotatable bonds is 50. The van der Waals surface area contributed by atoms with E-state index in [1.54, 1.807) is 0 Å². The Balaban J connectivity index is 4.17. The fourth-order valence-corrected chi connectivity index (χ4v) is 8.43. The Morgan fingerprint density at radius 2 is 0.884 bits per heavy atom. The van der Waals surface area contributed by atoms with Gasteiger partial charge in [0.1, 0.15) is 13.2 Å². The summed E-state index contributed by atoms with van der Waals surface area (Å²) in [4.78, 5) is 25.5. The van der Waals surface area contributed by atoms with Crippen molar-refractivity contribution in [2.24, 2.45) is 0 Å². The number of hydrogen-bond donors (Lipinski definition) is 2. The van der Waals surface area contributed by atoms with Gasteiger partial charge in [-0.2, -0.15) is 0 Å². The molecule has 0 aliphatic heterocycles. The molecule has 0 saturated heterocycles. The van der Waals surface area contributed by atoms with Crippen molar-refractivity contribution in [3.05, 3.63) is 97.2 Å². The van der Waals surface area contributed by atoms with Gasteiger partial charge in [0, 0.05) is 6.42 Å². The number of phosphoric acid groups is 1. The summed E-state index contributed by atoms with van der Waals surface area (Å²) in [7, 11) is 1.29. The number of carbonyl (C=O) groups is 1. The maximum absolute atomic E-state index is 13.0. The molecule has 0 aromatic carbocycles. The van der Waals surface area contributed by atoms with Crippen LogP contribution in [0.15, 0.2) is 97.2 Å². The van der Waals surface area contributed by atoms with E-state index in [4.69, 9.17) is 9.05 Å². The Labute approximate surface area is 426 Å². The van der Waals surface area contributed by atoms with E-state index in [2.05, 4.69) is 116 Å². The number of aliphatic hydroxyl groups is 1. The number of nitrogens with one attached hydrogen (secondary N) is 1. The van der Waals surface area contributed by atoms with Crippen molar-refractivity contribution in [2.75, 3.05) is 40.9 Å². The molecule has 398 valence electrons. The molecule has 0 aromatic rings. The largest absolute Gasteiger partial charge is 0.756 e. The lowest BCUT2D eigenvalue weighted by Crippen LogP contribution is -2.46. The zero-order valence-corrected chi connectivity index (χ0v) is 46.1. The minimum Gasteiger partial charge on any atom is -0.756 e. The highest BCUT2D eigenvalue weighted by Crippen LogP contribution is 2.38. The highest BCUT2D eigenvalue weighted by atomic mass is 31.2. The van der Waals surface area contributed by atoms with Crippen LogP contribution in [-0.2, 0) is 18.4 Å². The predicted molar refractivity (Wildman–Crippen MR) is 297 cm³/mol. The molecule has 0 aromatic heterocycles. The summed E-state index contributed by atoms with van der Waals surface area (Å²) in [5.41, 5.74) is 0. The summed E-state index contributed by atoms with van der Waals surface area (Å²) in [6, 6.07) is -0.811. The molecule has 0 fully saturated rings. The number of quaternary nitrogens is 1. The summed E-state index contributed by atoms with van der Waals surface area (Å²) in [6.45, 7) is 4.59. The second kappa shape index (κ2) is 50.4. The van der Waals surface area contributed by atoms with Crippen LogP contribution in [0.25, 0.3) is 0 Å². The number of allylic oxidation sites excluding steroid dienone is 16. The molecule has 0 aliphatic carbocycles. The molecule has 0 bridgehead atoms. The van der Waals surface area contributed by atoms with Crippen LogP contribution in [0, 0.1) is 0 Å². The van der Waals surface area contributed by atoms with E-state index in [1.807, 2.05) is 21.1 Å². The second-order valence-corrected chi connectivity index (χ2v) is 21.3. The first kappa shape index (κ1) is 66.4. The average Bonchev–Trinajstić information content (AvgIpc) is 3.31. The summed E-state index contributed by atoms with van der Waals surface area (Å²) in [6.07, 6.45) is 71.4. The van der Waals surface area contributed by atoms with Crippen LogP contribution in [-0.4, -0.2) is 68.5 Å². The topological polar surface area (TPSA) is 108 Å². The molecule has 1 amide bonds. The van der Waals surface area contributed by atoms with E-state index in [0.717, 1.165) is 96.3 Å². The zero-order valence-electron chi connectivity index (χ0n) is 45.2. The Morgan fingerprint density at radius 1 is 0.522 bits per heavy atom. The molecule has 3 atom stereocenters. The van der Waals surface area contributed by atoms with Crippen LogP contribution in [0.3, 0.4) is 0 Å². The van der Waals surface area contributed by atoms with Crippen molar-refractivity contribution < 1.29 is 32.9 Å². The first-order valence-electron chi connectivity index (χ1n) is 28.1. The molecular weight excluding hydrogens is 876 g/mol. The van der Waals surface area contributed by atoms with Gasteiger partial charge in [0.05, 0.1) is 39.9 Å². The van der Waals surface area contributed by atoms with E-state index >= 15 is 0 Å². The Hall–Kier alpha value is -2.58. The quantitative estimate of drug-likeness (QED) is 0.0272. The van der Waals surface area contributed by atoms with Crippen LogP contribution in [0.1, 0.15) is 226 Å². The third kappa shape index (κ3) is 53.1. The number of likely N-dealkylation sites (N-methyl/N-ethyl adjacent to an activating group) is 1. The van der Waals surface area contributed by atoms with Crippen LogP contribution in [0.5, 0.6) is 0 Å². The van der Waals surface area contributed by atoms with Gasteiger partial charge in [-0.15, -0.1) is 0 Å². The molecular formula is C60H107N2O6P. The van der Waals surface area contributed by atoms with Gasteiger partial charge in [0.25, 0.3) is 7.82 Å². The van der Waals surface area contributed by atoms with Crippen molar-refractivity contribution in [1.82, 2.24) is 5.32 Å². The molecule has 0 rings (SSSR count). The van der Waals surface area contributed by atoms with Crippen LogP contribution >= 0.6 is 7.82 Å². The number of aliphatic hydroxyl groups excluding tert-OH is 1. The minimum atomic E-state index is -4.58. The number of unbranched alkanes of at least 4 members (excludes halogenated alkanes) is 21. The lowest BCUT2D eigenvalue weighted by Gasteiger charge is -2.30. The number of amides is 1. The number of phosphoric ester groups is 1. The summed E-state index contributed by atoms with van der Waals surface area (Å²) in [5, 5.41) is 14.0. The van der Waals surface area contributed by atoms with Gasteiger partial charge >= 0.3 is 0 Å². The van der Waals surface area contributed by atoms with Crippen LogP contribution < -0.4 is 10.2 Å². The molecule has 0 spiro atoms. The summed E-state index contributed by atoms with van der Waals surface area (Å²) >= 11 is 0. The minimum absolute atomic E-state index is 0.00594. The van der Waals surface area contributed by atoms with Gasteiger partial charge in [0.2, 0.25) is 5.91 Å². The standard InChI is InChI=1S/C60H107N2O6P/c1-6-8-10-12-14-16-18-20-22-23-24-25-26-27-28-29-30-31-32-33-34-35-36-37-38-39-40-42-44-46-48-50-52-54-60(64)61-58(57-68-69(65,66)67-56-55-62(3,4)5)59(63)53-51-49-47-45-43-41-21-19-17-15-13-11-9-7-2/h8,10,14,16,20,22,24-25,27-28,30-31,33-34,36-37,58-59,63H,6-7,9,11-13,15,17-19,21,23,26,29,32,35,38-57H2,1-5H3,(H-,61,64,65,66)/b10-8-,16-14-,22-20-,25-24-,28-27-,31-30-,34-33-,37-36-. The molecule has 0 aliphatic rings. The van der Waals surface area contributed by atoms with Crippen molar-refractivity contribution >= 4 is 13.7 Å². The zero-order chi connectivity index (χ0) is 50.6. The second-order valence-electron chi connectivity index (χ2n) is 19.9. The smallest absolute Gasteiger partial charge is 0.268 e. The van der Waals surface area contributed by atoms with Crippen molar-refractivity contribution in [2.45, 2.75) is 238 Å². The number of nitrogens with zero attached hydrogens (tertiary/aromatic N) is 1. The molecule has 9 heteroatoms. The molecule has 69 heavy (non-hydrogen) atoms. The van der Waals surface area contributed by atoms with Crippen LogP contribution in [0.2, 0.25) is 0 Å². The van der Waals surface area contributed by atoms with E-state index in [0.29, 0.717) is 23.9 Å². The van der Waals surface area contributed by atoms with Crippen molar-refractivity contribution in [3.8, 4) is 0 Å². The van der Waals surface area contributed by atoms with Crippen molar-refractivity contribution in [3.63, 3.8) is 0 Å². The normalized spacial score (nSPS) is 14.7.